The first-order valence-corrected chi connectivity index (χ1v) is 3.58. The number of H-pyrrole nitrogens is 1. The van der Waals surface area contributed by atoms with E-state index >= 15 is 0 Å². The van der Waals surface area contributed by atoms with Crippen LogP contribution in [0.1, 0.15) is 19.0 Å². The van der Waals surface area contributed by atoms with Crippen molar-refractivity contribution in [3.8, 4) is 5.88 Å². The Hall–Kier alpha value is -0.920. The van der Waals surface area contributed by atoms with E-state index in [1.54, 1.807) is 7.11 Å². The van der Waals surface area contributed by atoms with E-state index in [9.17, 15) is 0 Å². The molecule has 1 N–H and O–H groups in total. The first kappa shape index (κ1) is 7.19. The van der Waals surface area contributed by atoms with E-state index in [4.69, 9.17) is 4.74 Å². The normalized spacial score (nSPS) is 9.80. The van der Waals surface area contributed by atoms with Gasteiger partial charge in [0.25, 0.3) is 0 Å². The summed E-state index contributed by atoms with van der Waals surface area (Å²) >= 11 is 0. The van der Waals surface area contributed by atoms with Crippen molar-refractivity contribution in [2.75, 3.05) is 7.11 Å². The molecule has 0 radical (unpaired) electrons. The largest absolute Gasteiger partial charge is 0.482 e. The number of rotatable bonds is 3. The summed E-state index contributed by atoms with van der Waals surface area (Å²) < 4.78 is 4.99. The van der Waals surface area contributed by atoms with E-state index in [2.05, 4.69) is 18.0 Å². The topological polar surface area (TPSA) is 25.0 Å². The van der Waals surface area contributed by atoms with Crippen LogP contribution in [0.3, 0.4) is 0 Å². The SMILES string of the molecule is CCCc1ccc(OC)[nH]1. The lowest BCUT2D eigenvalue weighted by molar-refractivity contribution is 0.399. The average Bonchev–Trinajstić information content (AvgIpc) is 2.37. The summed E-state index contributed by atoms with van der Waals surface area (Å²) in [5.41, 5.74) is 1.25. The molecule has 0 aliphatic heterocycles. The van der Waals surface area contributed by atoms with E-state index in [1.807, 2.05) is 6.07 Å². The Kier molecular flexibility index (Phi) is 2.37. The molecule has 56 valence electrons. The molecular weight excluding hydrogens is 126 g/mol. The highest BCUT2D eigenvalue weighted by molar-refractivity contribution is 5.17. The molecule has 0 atom stereocenters. The highest BCUT2D eigenvalue weighted by Crippen LogP contribution is 2.09. The standard InChI is InChI=1S/C8H13NO/c1-3-4-7-5-6-8(9-7)10-2/h5-6,9H,3-4H2,1-2H3. The molecular formula is C8H13NO. The molecule has 2 heteroatoms. The second-order valence-electron chi connectivity index (χ2n) is 2.30. The zero-order valence-corrected chi connectivity index (χ0v) is 6.48. The Morgan fingerprint density at radius 2 is 2.30 bits per heavy atom. The van der Waals surface area contributed by atoms with Gasteiger partial charge in [0.2, 0.25) is 0 Å². The number of ether oxygens (including phenoxy) is 1. The van der Waals surface area contributed by atoms with Gasteiger partial charge in [-0.1, -0.05) is 13.3 Å². The fraction of sp³-hybridized carbons (Fsp3) is 0.500. The highest BCUT2D eigenvalue weighted by Gasteiger charge is 1.94. The lowest BCUT2D eigenvalue weighted by atomic mass is 10.3. The first-order valence-electron chi connectivity index (χ1n) is 3.58. The molecule has 0 unspecified atom stereocenters. The van der Waals surface area contributed by atoms with Gasteiger partial charge in [0.1, 0.15) is 0 Å². The molecule has 1 heterocycles. The second-order valence-corrected chi connectivity index (χ2v) is 2.30. The molecule has 0 saturated carbocycles. The average molecular weight is 139 g/mol. The van der Waals surface area contributed by atoms with Crippen molar-refractivity contribution in [2.45, 2.75) is 19.8 Å². The number of aryl methyl sites for hydroxylation is 1. The quantitative estimate of drug-likeness (QED) is 0.680. The Bertz CT molecular complexity index is 193. The maximum absolute atomic E-state index is 4.99. The molecule has 10 heavy (non-hydrogen) atoms. The number of methoxy groups -OCH3 is 1. The molecule has 2 nitrogen and oxygen atoms in total. The summed E-state index contributed by atoms with van der Waals surface area (Å²) in [4.78, 5) is 3.14. The van der Waals surface area contributed by atoms with Crippen LogP contribution in [-0.4, -0.2) is 12.1 Å². The van der Waals surface area contributed by atoms with Gasteiger partial charge in [-0.25, -0.2) is 0 Å². The van der Waals surface area contributed by atoms with E-state index in [1.165, 1.54) is 12.1 Å². The molecule has 0 aliphatic carbocycles. The minimum absolute atomic E-state index is 0.850. The van der Waals surface area contributed by atoms with Crippen LogP contribution in [0, 0.1) is 0 Å². The number of nitrogens with one attached hydrogen (secondary N) is 1. The zero-order valence-electron chi connectivity index (χ0n) is 6.48. The number of hydrogen-bond donors (Lipinski definition) is 1. The van der Waals surface area contributed by atoms with Crippen LogP contribution in [0.25, 0.3) is 0 Å². The van der Waals surface area contributed by atoms with Crippen molar-refractivity contribution in [3.05, 3.63) is 17.8 Å². The van der Waals surface area contributed by atoms with Crippen molar-refractivity contribution < 1.29 is 4.74 Å². The minimum atomic E-state index is 0.850. The van der Waals surface area contributed by atoms with Gasteiger partial charge < -0.3 is 9.72 Å². The van der Waals surface area contributed by atoms with Crippen molar-refractivity contribution in [1.29, 1.82) is 0 Å². The van der Waals surface area contributed by atoms with Gasteiger partial charge in [0.15, 0.2) is 5.88 Å². The predicted octanol–water partition coefficient (Wildman–Crippen LogP) is 1.98. The van der Waals surface area contributed by atoms with Crippen LogP contribution in [0.15, 0.2) is 12.1 Å². The number of hydrogen-bond acceptors (Lipinski definition) is 1. The van der Waals surface area contributed by atoms with Gasteiger partial charge in [-0.05, 0) is 18.6 Å². The summed E-state index contributed by atoms with van der Waals surface area (Å²) in [5, 5.41) is 0. The summed E-state index contributed by atoms with van der Waals surface area (Å²) in [7, 11) is 1.67. The van der Waals surface area contributed by atoms with Crippen molar-refractivity contribution >= 4 is 0 Å². The summed E-state index contributed by atoms with van der Waals surface area (Å²) in [5.74, 6) is 0.850. The molecule has 1 aromatic heterocycles. The smallest absolute Gasteiger partial charge is 0.190 e. The second kappa shape index (κ2) is 3.30. The Morgan fingerprint density at radius 1 is 1.50 bits per heavy atom. The van der Waals surface area contributed by atoms with Gasteiger partial charge in [0.05, 0.1) is 7.11 Å². The Balaban J connectivity index is 2.59. The summed E-state index contributed by atoms with van der Waals surface area (Å²) in [6.45, 7) is 2.16. The molecule has 0 bridgehead atoms. The lowest BCUT2D eigenvalue weighted by Gasteiger charge is -1.93. The third-order valence-electron chi connectivity index (χ3n) is 1.46. The molecule has 0 fully saturated rings. The van der Waals surface area contributed by atoms with Crippen LogP contribution in [-0.2, 0) is 6.42 Å². The molecule has 0 saturated heterocycles. The summed E-state index contributed by atoms with van der Waals surface area (Å²) in [6.07, 6.45) is 2.27. The maximum atomic E-state index is 4.99. The van der Waals surface area contributed by atoms with Crippen molar-refractivity contribution in [1.82, 2.24) is 4.98 Å². The third kappa shape index (κ3) is 1.53. The molecule has 1 aromatic rings. The molecule has 0 amide bonds. The lowest BCUT2D eigenvalue weighted by Crippen LogP contribution is -1.84. The Morgan fingerprint density at radius 3 is 2.80 bits per heavy atom. The van der Waals surface area contributed by atoms with Gasteiger partial charge >= 0.3 is 0 Å². The van der Waals surface area contributed by atoms with Crippen molar-refractivity contribution in [3.63, 3.8) is 0 Å². The first-order chi connectivity index (χ1) is 4.86. The van der Waals surface area contributed by atoms with E-state index in [0.29, 0.717) is 0 Å². The predicted molar refractivity (Wildman–Crippen MR) is 41.3 cm³/mol. The van der Waals surface area contributed by atoms with Crippen molar-refractivity contribution in [2.24, 2.45) is 0 Å². The van der Waals surface area contributed by atoms with Crippen LogP contribution in [0.4, 0.5) is 0 Å². The molecule has 1 rings (SSSR count). The zero-order chi connectivity index (χ0) is 7.40. The van der Waals surface area contributed by atoms with Crippen LogP contribution >= 0.6 is 0 Å². The Labute approximate surface area is 61.2 Å². The summed E-state index contributed by atoms with van der Waals surface area (Å²) in [6, 6.07) is 4.01. The third-order valence-corrected chi connectivity index (χ3v) is 1.46. The van der Waals surface area contributed by atoms with Gasteiger partial charge in [-0.2, -0.15) is 0 Å². The van der Waals surface area contributed by atoms with E-state index < -0.39 is 0 Å². The number of aromatic nitrogens is 1. The van der Waals surface area contributed by atoms with Crippen LogP contribution < -0.4 is 4.74 Å². The van der Waals surface area contributed by atoms with Gasteiger partial charge in [0, 0.05) is 5.69 Å². The fourth-order valence-corrected chi connectivity index (χ4v) is 0.952. The van der Waals surface area contributed by atoms with Crippen LogP contribution in [0.2, 0.25) is 0 Å². The maximum Gasteiger partial charge on any atom is 0.190 e. The fourth-order valence-electron chi connectivity index (χ4n) is 0.952. The highest BCUT2D eigenvalue weighted by atomic mass is 16.5. The van der Waals surface area contributed by atoms with Gasteiger partial charge in [-0.15, -0.1) is 0 Å². The van der Waals surface area contributed by atoms with E-state index in [0.717, 1.165) is 12.3 Å². The monoisotopic (exact) mass is 139 g/mol. The minimum Gasteiger partial charge on any atom is -0.482 e. The number of aromatic amines is 1. The van der Waals surface area contributed by atoms with Gasteiger partial charge in [-0.3, -0.25) is 0 Å². The molecule has 0 aromatic carbocycles. The van der Waals surface area contributed by atoms with Crippen LogP contribution in [0.5, 0.6) is 5.88 Å². The molecule has 0 aliphatic rings. The van der Waals surface area contributed by atoms with E-state index in [-0.39, 0.29) is 0 Å². The molecule has 0 spiro atoms.